The molecular formula is C21H19N7O3. The Morgan fingerprint density at radius 3 is 2.74 bits per heavy atom. The summed E-state index contributed by atoms with van der Waals surface area (Å²) in [4.78, 5) is 12.7. The number of benzene rings is 2. The number of fused-ring (bicyclic) bond motifs is 2. The third-order valence-electron chi connectivity index (χ3n) is 5.12. The number of nitrogens with one attached hydrogen (secondary N) is 2. The second-order valence-corrected chi connectivity index (χ2v) is 6.90. The molecule has 2 N–H and O–H groups in total. The van der Waals surface area contributed by atoms with E-state index in [0.717, 1.165) is 16.9 Å². The van der Waals surface area contributed by atoms with Crippen molar-refractivity contribution >= 4 is 11.6 Å². The van der Waals surface area contributed by atoms with Crippen molar-refractivity contribution in [1.82, 2.24) is 30.4 Å². The molecule has 1 aliphatic heterocycles. The van der Waals surface area contributed by atoms with E-state index in [9.17, 15) is 4.79 Å². The van der Waals surface area contributed by atoms with Crippen LogP contribution in [0.3, 0.4) is 0 Å². The van der Waals surface area contributed by atoms with Gasteiger partial charge in [0.2, 0.25) is 5.95 Å². The van der Waals surface area contributed by atoms with Crippen LogP contribution in [-0.4, -0.2) is 44.1 Å². The van der Waals surface area contributed by atoms with Gasteiger partial charge in [0.05, 0.1) is 19.4 Å². The van der Waals surface area contributed by atoms with Crippen molar-refractivity contribution in [1.29, 1.82) is 0 Å². The lowest BCUT2D eigenvalue weighted by atomic mass is 9.92. The van der Waals surface area contributed by atoms with Gasteiger partial charge in [-0.15, -0.1) is 0 Å². The number of tetrazole rings is 1. The third kappa shape index (κ3) is 3.18. The molecule has 10 heteroatoms. The second kappa shape index (κ2) is 7.56. The molecule has 0 radical (unpaired) electrons. The smallest absolute Gasteiger partial charge is 0.288 e. The maximum atomic E-state index is 12.7. The van der Waals surface area contributed by atoms with Crippen molar-refractivity contribution in [3.63, 3.8) is 0 Å². The molecule has 10 nitrogen and oxygen atoms in total. The summed E-state index contributed by atoms with van der Waals surface area (Å²) in [6.07, 6.45) is 0. The Hall–Kier alpha value is -4.21. The van der Waals surface area contributed by atoms with Crippen molar-refractivity contribution in [3.8, 4) is 22.8 Å². The number of anilines is 2. The van der Waals surface area contributed by atoms with Gasteiger partial charge in [-0.25, -0.2) is 5.10 Å². The molecule has 156 valence electrons. The first-order valence-corrected chi connectivity index (χ1v) is 9.74. The lowest BCUT2D eigenvalue weighted by Crippen LogP contribution is -2.29. The van der Waals surface area contributed by atoms with Crippen LogP contribution >= 0.6 is 0 Å². The Kier molecular flexibility index (Phi) is 4.58. The molecule has 1 aliphatic rings. The van der Waals surface area contributed by atoms with Crippen LogP contribution in [0.2, 0.25) is 0 Å². The zero-order valence-electron chi connectivity index (χ0n) is 16.9. The van der Waals surface area contributed by atoms with E-state index in [0.29, 0.717) is 35.2 Å². The number of aromatic nitrogens is 6. The molecule has 4 aromatic rings. The Morgan fingerprint density at radius 2 is 1.97 bits per heavy atom. The highest BCUT2D eigenvalue weighted by Gasteiger charge is 2.34. The first-order chi connectivity index (χ1) is 15.2. The van der Waals surface area contributed by atoms with Crippen molar-refractivity contribution < 1.29 is 9.47 Å². The van der Waals surface area contributed by atoms with E-state index in [4.69, 9.17) is 9.47 Å². The zero-order valence-corrected chi connectivity index (χ0v) is 16.9. The van der Waals surface area contributed by atoms with Gasteiger partial charge >= 0.3 is 0 Å². The highest BCUT2D eigenvalue weighted by molar-refractivity contribution is 5.76. The first kappa shape index (κ1) is 18.8. The number of hydrogen-bond acceptors (Lipinski definition) is 8. The second-order valence-electron chi connectivity index (χ2n) is 6.90. The summed E-state index contributed by atoms with van der Waals surface area (Å²) in [5, 5.41) is 22.0. The quantitative estimate of drug-likeness (QED) is 0.448. The molecule has 0 amide bonds. The maximum absolute atomic E-state index is 12.7. The van der Waals surface area contributed by atoms with Gasteiger partial charge in [0.15, 0.2) is 0 Å². The van der Waals surface area contributed by atoms with E-state index in [1.807, 2.05) is 55.5 Å². The summed E-state index contributed by atoms with van der Waals surface area (Å²) in [6.45, 7) is 2.51. The number of ether oxygens (including phenoxy) is 2. The van der Waals surface area contributed by atoms with Gasteiger partial charge in [0, 0.05) is 11.1 Å². The minimum absolute atomic E-state index is 0.355. The van der Waals surface area contributed by atoms with Crippen LogP contribution in [-0.2, 0) is 0 Å². The lowest BCUT2D eigenvalue weighted by molar-refractivity contribution is 0.340. The van der Waals surface area contributed by atoms with E-state index >= 15 is 0 Å². The standard InChI is InChI=1S/C21H19N7O3/c1-3-31-14-9-7-12(8-10-14)19-16-17(13-5-4-6-15(11-13)30-2)23-24-20(29)18(16)22-21-25-26-27-28(19)21/h4-11,19H,3H2,1-2H3,(H,24,29)(H,22,25,27)/t19-/m0/s1. The number of methoxy groups -OCH3 is 1. The van der Waals surface area contributed by atoms with E-state index < -0.39 is 6.04 Å². The number of rotatable bonds is 5. The van der Waals surface area contributed by atoms with Gasteiger partial charge in [-0.05, 0) is 47.2 Å². The summed E-state index contributed by atoms with van der Waals surface area (Å²) in [5.74, 6) is 1.82. The summed E-state index contributed by atoms with van der Waals surface area (Å²) in [5.41, 5.74) is 2.94. The molecule has 0 bridgehead atoms. The Balaban J connectivity index is 1.74. The van der Waals surface area contributed by atoms with Gasteiger partial charge in [-0.3, -0.25) is 4.79 Å². The van der Waals surface area contributed by atoms with Crippen LogP contribution in [0, 0.1) is 0 Å². The molecule has 0 saturated carbocycles. The Labute approximate surface area is 176 Å². The summed E-state index contributed by atoms with van der Waals surface area (Å²) in [6, 6.07) is 14.7. The van der Waals surface area contributed by atoms with Crippen LogP contribution in [0.1, 0.15) is 24.1 Å². The average molecular weight is 417 g/mol. The molecule has 0 fully saturated rings. The van der Waals surface area contributed by atoms with Gasteiger partial charge in [0.25, 0.3) is 5.56 Å². The van der Waals surface area contributed by atoms with Crippen molar-refractivity contribution in [2.24, 2.45) is 0 Å². The van der Waals surface area contributed by atoms with E-state index in [1.54, 1.807) is 11.8 Å². The fourth-order valence-electron chi connectivity index (χ4n) is 3.75. The highest BCUT2D eigenvalue weighted by atomic mass is 16.5. The van der Waals surface area contributed by atoms with Gasteiger partial charge in [0.1, 0.15) is 23.2 Å². The fraction of sp³-hybridized carbons (Fsp3) is 0.190. The number of H-pyrrole nitrogens is 1. The fourth-order valence-corrected chi connectivity index (χ4v) is 3.75. The van der Waals surface area contributed by atoms with Crippen LogP contribution in [0.4, 0.5) is 11.6 Å². The minimum Gasteiger partial charge on any atom is -0.497 e. The number of nitrogens with zero attached hydrogens (tertiary/aromatic N) is 5. The number of aromatic amines is 1. The predicted molar refractivity (Wildman–Crippen MR) is 113 cm³/mol. The topological polar surface area (TPSA) is 120 Å². The maximum Gasteiger partial charge on any atom is 0.288 e. The van der Waals surface area contributed by atoms with Crippen molar-refractivity contribution in [2.45, 2.75) is 13.0 Å². The summed E-state index contributed by atoms with van der Waals surface area (Å²) >= 11 is 0. The SMILES string of the molecule is CCOc1ccc([C@H]2c3c(-c4cccc(OC)c4)n[nH]c(=O)c3Nc3nnnn32)cc1. The molecule has 3 heterocycles. The molecule has 0 saturated heterocycles. The van der Waals surface area contributed by atoms with E-state index in [1.165, 1.54) is 0 Å². The third-order valence-corrected chi connectivity index (χ3v) is 5.12. The van der Waals surface area contributed by atoms with Crippen LogP contribution in [0.25, 0.3) is 11.3 Å². The molecule has 31 heavy (non-hydrogen) atoms. The van der Waals surface area contributed by atoms with Crippen molar-refractivity contribution in [2.75, 3.05) is 19.0 Å². The summed E-state index contributed by atoms with van der Waals surface area (Å²) < 4.78 is 12.6. The van der Waals surface area contributed by atoms with Crippen molar-refractivity contribution in [3.05, 3.63) is 70.0 Å². The largest absolute Gasteiger partial charge is 0.497 e. The minimum atomic E-state index is -0.465. The predicted octanol–water partition coefficient (Wildman–Crippen LogP) is 2.53. The number of hydrogen-bond donors (Lipinski definition) is 2. The average Bonchev–Trinajstić information content (AvgIpc) is 3.27. The van der Waals surface area contributed by atoms with Gasteiger partial charge < -0.3 is 14.8 Å². The van der Waals surface area contributed by atoms with E-state index in [-0.39, 0.29) is 5.56 Å². The molecule has 1 atom stereocenters. The lowest BCUT2D eigenvalue weighted by Gasteiger charge is -2.28. The Morgan fingerprint density at radius 1 is 1.13 bits per heavy atom. The highest BCUT2D eigenvalue weighted by Crippen LogP contribution is 2.41. The van der Waals surface area contributed by atoms with Crippen LogP contribution < -0.4 is 20.3 Å². The van der Waals surface area contributed by atoms with Crippen LogP contribution in [0.5, 0.6) is 11.5 Å². The molecule has 2 aromatic carbocycles. The summed E-state index contributed by atoms with van der Waals surface area (Å²) in [7, 11) is 1.60. The van der Waals surface area contributed by atoms with Gasteiger partial charge in [-0.1, -0.05) is 29.4 Å². The first-order valence-electron chi connectivity index (χ1n) is 9.74. The zero-order chi connectivity index (χ0) is 21.4. The molecular weight excluding hydrogens is 398 g/mol. The molecule has 5 rings (SSSR count). The van der Waals surface area contributed by atoms with E-state index in [2.05, 4.69) is 31.0 Å². The normalized spacial score (nSPS) is 14.3. The Bertz CT molecular complexity index is 1300. The molecule has 0 unspecified atom stereocenters. The molecule has 0 aliphatic carbocycles. The molecule has 2 aromatic heterocycles. The van der Waals surface area contributed by atoms with Crippen LogP contribution in [0.15, 0.2) is 53.3 Å². The van der Waals surface area contributed by atoms with Gasteiger partial charge in [-0.2, -0.15) is 9.78 Å². The monoisotopic (exact) mass is 417 g/mol. The molecule has 0 spiro atoms.